The van der Waals surface area contributed by atoms with Gasteiger partial charge < -0.3 is 4.90 Å². The van der Waals surface area contributed by atoms with Crippen LogP contribution in [0, 0.1) is 22.7 Å². The molecule has 0 saturated heterocycles. The fourth-order valence-corrected chi connectivity index (χ4v) is 1.55. The summed E-state index contributed by atoms with van der Waals surface area (Å²) in [7, 11) is 3.98. The largest absolute Gasteiger partial charge is 0.378 e. The van der Waals surface area contributed by atoms with Crippen LogP contribution in [0.15, 0.2) is 58.8 Å². The van der Waals surface area contributed by atoms with Crippen molar-refractivity contribution in [1.82, 2.24) is 0 Å². The fraction of sp³-hybridized carbons (Fsp3) is 0.118. The number of benzene rings is 1. The van der Waals surface area contributed by atoms with Gasteiger partial charge in [-0.1, -0.05) is 30.4 Å². The lowest BCUT2D eigenvalue weighted by Crippen LogP contribution is -2.07. The van der Waals surface area contributed by atoms with Crippen molar-refractivity contribution in [3.8, 4) is 12.1 Å². The van der Waals surface area contributed by atoms with Crippen molar-refractivity contribution in [2.45, 2.75) is 0 Å². The van der Waals surface area contributed by atoms with Crippen LogP contribution in [-0.4, -0.2) is 20.8 Å². The number of rotatable bonds is 5. The maximum Gasteiger partial charge on any atom is 0.157 e. The van der Waals surface area contributed by atoms with Crippen molar-refractivity contribution in [3.63, 3.8) is 0 Å². The van der Waals surface area contributed by atoms with E-state index in [9.17, 15) is 0 Å². The third kappa shape index (κ3) is 4.81. The Bertz CT molecular complexity index is 662. The molecule has 0 radical (unpaired) electrons. The van der Waals surface area contributed by atoms with Crippen molar-refractivity contribution >= 4 is 18.5 Å². The van der Waals surface area contributed by atoms with Gasteiger partial charge in [-0.25, -0.2) is 0 Å². The van der Waals surface area contributed by atoms with Crippen molar-refractivity contribution in [1.29, 1.82) is 10.5 Å². The Morgan fingerprint density at radius 3 is 2.29 bits per heavy atom. The van der Waals surface area contributed by atoms with Crippen LogP contribution < -0.4 is 4.90 Å². The SMILES string of the molecule is C=NC(C#N)=C(C#N)C=CC=Cc1ccc(N(C)C)cc1. The van der Waals surface area contributed by atoms with Gasteiger partial charge in [0.05, 0.1) is 5.57 Å². The molecule has 0 saturated carbocycles. The summed E-state index contributed by atoms with van der Waals surface area (Å²) in [5.41, 5.74) is 2.40. The summed E-state index contributed by atoms with van der Waals surface area (Å²) in [6.07, 6.45) is 6.96. The highest BCUT2D eigenvalue weighted by Crippen LogP contribution is 2.13. The first-order chi connectivity index (χ1) is 10.1. The Morgan fingerprint density at radius 2 is 1.81 bits per heavy atom. The van der Waals surface area contributed by atoms with Crippen LogP contribution in [0.1, 0.15) is 5.56 Å². The van der Waals surface area contributed by atoms with E-state index in [0.29, 0.717) is 0 Å². The predicted octanol–water partition coefficient (Wildman–Crippen LogP) is 3.32. The molecule has 0 aliphatic carbocycles. The summed E-state index contributed by atoms with van der Waals surface area (Å²) in [6, 6.07) is 11.8. The standard InChI is InChI=1S/C17H16N4/c1-20-17(13-19)15(12-18)7-5-4-6-14-8-10-16(11-9-14)21(2)3/h4-11H,1H2,2-3H3. The molecule has 0 aliphatic heterocycles. The first-order valence-corrected chi connectivity index (χ1v) is 6.25. The molecule has 0 unspecified atom stereocenters. The second-order valence-corrected chi connectivity index (χ2v) is 4.35. The summed E-state index contributed by atoms with van der Waals surface area (Å²) in [6.45, 7) is 3.26. The molecule has 1 aromatic carbocycles. The molecule has 0 heterocycles. The number of aliphatic imine (C=N–C) groups is 1. The lowest BCUT2D eigenvalue weighted by molar-refractivity contribution is 1.13. The molecule has 4 heteroatoms. The summed E-state index contributed by atoms with van der Waals surface area (Å²) < 4.78 is 0. The number of allylic oxidation sites excluding steroid dienone is 5. The Labute approximate surface area is 125 Å². The molecule has 0 atom stereocenters. The Hall–Kier alpha value is -3.11. The average molecular weight is 276 g/mol. The maximum atomic E-state index is 8.93. The normalized spacial score (nSPS) is 11.8. The van der Waals surface area contributed by atoms with Crippen LogP contribution in [0.2, 0.25) is 0 Å². The highest BCUT2D eigenvalue weighted by atomic mass is 15.1. The minimum atomic E-state index is 0.0254. The van der Waals surface area contributed by atoms with Gasteiger partial charge >= 0.3 is 0 Å². The molecule has 4 nitrogen and oxygen atoms in total. The van der Waals surface area contributed by atoms with Gasteiger partial charge in [-0.3, -0.25) is 4.99 Å². The van der Waals surface area contributed by atoms with E-state index in [-0.39, 0.29) is 11.3 Å². The molecular formula is C17H16N4. The molecule has 21 heavy (non-hydrogen) atoms. The molecule has 1 rings (SSSR count). The number of nitrogens with zero attached hydrogens (tertiary/aromatic N) is 4. The van der Waals surface area contributed by atoms with Crippen molar-refractivity contribution in [3.05, 3.63) is 59.3 Å². The summed E-state index contributed by atoms with van der Waals surface area (Å²) in [4.78, 5) is 5.54. The zero-order chi connectivity index (χ0) is 15.7. The molecule has 0 amide bonds. The van der Waals surface area contributed by atoms with Gasteiger partial charge in [0.25, 0.3) is 0 Å². The van der Waals surface area contributed by atoms with E-state index in [1.165, 1.54) is 6.08 Å². The van der Waals surface area contributed by atoms with E-state index in [1.54, 1.807) is 12.2 Å². The molecule has 0 fully saturated rings. The van der Waals surface area contributed by atoms with Gasteiger partial charge in [0.15, 0.2) is 5.70 Å². The van der Waals surface area contributed by atoms with Crippen LogP contribution in [0.4, 0.5) is 5.69 Å². The molecular weight excluding hydrogens is 260 g/mol. The van der Waals surface area contributed by atoms with Crippen molar-refractivity contribution < 1.29 is 0 Å². The highest BCUT2D eigenvalue weighted by molar-refractivity contribution is 5.57. The smallest absolute Gasteiger partial charge is 0.157 e. The van der Waals surface area contributed by atoms with E-state index in [2.05, 4.69) is 11.7 Å². The minimum Gasteiger partial charge on any atom is -0.378 e. The fourth-order valence-electron chi connectivity index (χ4n) is 1.55. The lowest BCUT2D eigenvalue weighted by Gasteiger charge is -2.11. The van der Waals surface area contributed by atoms with Gasteiger partial charge in [-0.05, 0) is 30.5 Å². The van der Waals surface area contributed by atoms with Gasteiger partial charge in [0.2, 0.25) is 0 Å². The van der Waals surface area contributed by atoms with Crippen molar-refractivity contribution in [2.24, 2.45) is 4.99 Å². The first-order valence-electron chi connectivity index (χ1n) is 6.25. The van der Waals surface area contributed by atoms with Crippen LogP contribution in [0.5, 0.6) is 0 Å². The molecule has 0 N–H and O–H groups in total. The number of nitriles is 2. The van der Waals surface area contributed by atoms with E-state index in [0.717, 1.165) is 11.3 Å². The first kappa shape index (κ1) is 15.9. The molecule has 0 aromatic heterocycles. The second-order valence-electron chi connectivity index (χ2n) is 4.35. The third-order valence-electron chi connectivity index (χ3n) is 2.71. The molecule has 0 spiro atoms. The summed E-state index contributed by atoms with van der Waals surface area (Å²) in [5, 5.41) is 17.7. The van der Waals surface area contributed by atoms with Crippen LogP contribution >= 0.6 is 0 Å². The maximum absolute atomic E-state index is 8.93. The van der Waals surface area contributed by atoms with Gasteiger partial charge in [-0.2, -0.15) is 10.5 Å². The van der Waals surface area contributed by atoms with E-state index in [1.807, 2.05) is 61.5 Å². The van der Waals surface area contributed by atoms with Crippen LogP contribution in [0.3, 0.4) is 0 Å². The van der Waals surface area contributed by atoms with Gasteiger partial charge in [-0.15, -0.1) is 0 Å². The average Bonchev–Trinajstić information content (AvgIpc) is 2.51. The third-order valence-corrected chi connectivity index (χ3v) is 2.71. The molecule has 0 bridgehead atoms. The second kappa shape index (κ2) is 8.14. The molecule has 0 aliphatic rings. The molecule has 104 valence electrons. The van der Waals surface area contributed by atoms with Crippen LogP contribution in [-0.2, 0) is 0 Å². The van der Waals surface area contributed by atoms with E-state index in [4.69, 9.17) is 10.5 Å². The Kier molecular flexibility index (Phi) is 6.18. The predicted molar refractivity (Wildman–Crippen MR) is 86.7 cm³/mol. The summed E-state index contributed by atoms with van der Waals surface area (Å²) >= 11 is 0. The zero-order valence-electron chi connectivity index (χ0n) is 12.1. The van der Waals surface area contributed by atoms with E-state index >= 15 is 0 Å². The number of anilines is 1. The van der Waals surface area contributed by atoms with E-state index < -0.39 is 0 Å². The monoisotopic (exact) mass is 276 g/mol. The lowest BCUT2D eigenvalue weighted by atomic mass is 10.1. The van der Waals surface area contributed by atoms with Gasteiger partial charge in [0.1, 0.15) is 12.1 Å². The van der Waals surface area contributed by atoms with Crippen LogP contribution in [0.25, 0.3) is 6.08 Å². The molecule has 1 aromatic rings. The number of hydrogen-bond donors (Lipinski definition) is 0. The number of hydrogen-bond acceptors (Lipinski definition) is 4. The highest BCUT2D eigenvalue weighted by Gasteiger charge is 1.98. The van der Waals surface area contributed by atoms with Gasteiger partial charge in [0, 0.05) is 19.8 Å². The zero-order valence-corrected chi connectivity index (χ0v) is 12.1. The topological polar surface area (TPSA) is 63.2 Å². The summed E-state index contributed by atoms with van der Waals surface area (Å²) in [5.74, 6) is 0. The Morgan fingerprint density at radius 1 is 1.14 bits per heavy atom. The quantitative estimate of drug-likeness (QED) is 0.471. The van der Waals surface area contributed by atoms with Crippen molar-refractivity contribution in [2.75, 3.05) is 19.0 Å². The Balaban J connectivity index is 2.81. The minimum absolute atomic E-state index is 0.0254.